The minimum absolute atomic E-state index is 0.0110. The molecule has 0 aromatic heterocycles. The van der Waals surface area contributed by atoms with Crippen LogP contribution in [0.25, 0.3) is 0 Å². The van der Waals surface area contributed by atoms with Gasteiger partial charge in [0.1, 0.15) is 0 Å². The second-order valence-corrected chi connectivity index (χ2v) is 6.67. The molecule has 1 aliphatic rings. The number of benzene rings is 2. The molecule has 1 amide bonds. The van der Waals surface area contributed by atoms with Gasteiger partial charge in [-0.15, -0.1) is 0 Å². The van der Waals surface area contributed by atoms with Crippen LogP contribution in [0.2, 0.25) is 5.02 Å². The number of hydrogen-bond donors (Lipinski definition) is 1. The maximum Gasteiger partial charge on any atom is 0.234 e. The molecule has 132 valence electrons. The molecular formula is C20H23ClN2O2. The molecule has 1 saturated heterocycles. The molecule has 1 unspecified atom stereocenters. The summed E-state index contributed by atoms with van der Waals surface area (Å²) < 4.78 is 5.84. The van der Waals surface area contributed by atoms with Crippen molar-refractivity contribution in [3.8, 4) is 0 Å². The van der Waals surface area contributed by atoms with E-state index in [2.05, 4.69) is 22.3 Å². The van der Waals surface area contributed by atoms with Crippen molar-refractivity contribution in [2.45, 2.75) is 12.5 Å². The first-order valence-corrected chi connectivity index (χ1v) is 8.98. The maximum absolute atomic E-state index is 12.2. The highest BCUT2D eigenvalue weighted by Crippen LogP contribution is 2.23. The SMILES string of the molecule is O=C(CN1CCOC(c2ccc(Cl)cc2)C1)NCCc1ccccc1. The smallest absolute Gasteiger partial charge is 0.234 e. The van der Waals surface area contributed by atoms with E-state index in [1.165, 1.54) is 5.56 Å². The van der Waals surface area contributed by atoms with Crippen molar-refractivity contribution in [1.82, 2.24) is 10.2 Å². The van der Waals surface area contributed by atoms with Crippen LogP contribution in [0.15, 0.2) is 54.6 Å². The van der Waals surface area contributed by atoms with Crippen molar-refractivity contribution in [3.05, 3.63) is 70.7 Å². The van der Waals surface area contributed by atoms with Gasteiger partial charge >= 0.3 is 0 Å². The summed E-state index contributed by atoms with van der Waals surface area (Å²) in [6.07, 6.45) is 0.839. The van der Waals surface area contributed by atoms with E-state index in [1.807, 2.05) is 42.5 Å². The van der Waals surface area contributed by atoms with Crippen molar-refractivity contribution >= 4 is 17.5 Å². The molecule has 1 N–H and O–H groups in total. The minimum Gasteiger partial charge on any atom is -0.371 e. The first kappa shape index (κ1) is 17.9. The first-order chi connectivity index (χ1) is 12.2. The van der Waals surface area contributed by atoms with Crippen molar-refractivity contribution in [3.63, 3.8) is 0 Å². The summed E-state index contributed by atoms with van der Waals surface area (Å²) in [5.41, 5.74) is 2.33. The lowest BCUT2D eigenvalue weighted by Crippen LogP contribution is -2.44. The summed E-state index contributed by atoms with van der Waals surface area (Å²) in [5.74, 6) is 0.0627. The second kappa shape index (κ2) is 8.99. The molecule has 4 nitrogen and oxygen atoms in total. The molecule has 3 rings (SSSR count). The number of hydrogen-bond acceptors (Lipinski definition) is 3. The van der Waals surface area contributed by atoms with E-state index in [9.17, 15) is 4.79 Å². The third-order valence-electron chi connectivity index (χ3n) is 4.34. The molecule has 25 heavy (non-hydrogen) atoms. The summed E-state index contributed by atoms with van der Waals surface area (Å²) in [6.45, 7) is 3.19. The van der Waals surface area contributed by atoms with Crippen molar-refractivity contribution in [2.75, 3.05) is 32.8 Å². The maximum atomic E-state index is 12.2. The largest absolute Gasteiger partial charge is 0.371 e. The van der Waals surface area contributed by atoms with Crippen LogP contribution in [0.4, 0.5) is 0 Å². The van der Waals surface area contributed by atoms with E-state index in [0.717, 1.165) is 18.5 Å². The second-order valence-electron chi connectivity index (χ2n) is 6.23. The fraction of sp³-hybridized carbons (Fsp3) is 0.350. The molecule has 2 aromatic rings. The van der Waals surface area contributed by atoms with E-state index >= 15 is 0 Å². The van der Waals surface area contributed by atoms with Crippen LogP contribution in [0.5, 0.6) is 0 Å². The molecule has 0 spiro atoms. The predicted molar refractivity (Wildman–Crippen MR) is 99.7 cm³/mol. The lowest BCUT2D eigenvalue weighted by atomic mass is 10.1. The van der Waals surface area contributed by atoms with Crippen molar-refractivity contribution < 1.29 is 9.53 Å². The summed E-state index contributed by atoms with van der Waals surface area (Å²) >= 11 is 5.94. The number of carbonyl (C=O) groups excluding carboxylic acids is 1. The number of nitrogens with zero attached hydrogens (tertiary/aromatic N) is 1. The van der Waals surface area contributed by atoms with Gasteiger partial charge in [0.05, 0.1) is 19.3 Å². The van der Waals surface area contributed by atoms with Gasteiger partial charge in [-0.2, -0.15) is 0 Å². The Balaban J connectivity index is 1.44. The summed E-state index contributed by atoms with van der Waals surface area (Å²) in [5, 5.41) is 3.72. The van der Waals surface area contributed by atoms with Gasteiger partial charge in [0, 0.05) is 24.7 Å². The van der Waals surface area contributed by atoms with Crippen LogP contribution in [-0.4, -0.2) is 43.6 Å². The number of amides is 1. The number of morpholine rings is 1. The average molecular weight is 359 g/mol. The number of ether oxygens (including phenoxy) is 1. The number of carbonyl (C=O) groups is 1. The molecule has 0 radical (unpaired) electrons. The van der Waals surface area contributed by atoms with E-state index in [4.69, 9.17) is 16.3 Å². The molecule has 1 aliphatic heterocycles. The number of nitrogens with one attached hydrogen (secondary N) is 1. The van der Waals surface area contributed by atoms with E-state index < -0.39 is 0 Å². The Hall–Kier alpha value is -1.88. The van der Waals surface area contributed by atoms with Gasteiger partial charge in [-0.1, -0.05) is 54.1 Å². The van der Waals surface area contributed by atoms with Gasteiger partial charge in [-0.3, -0.25) is 9.69 Å². The van der Waals surface area contributed by atoms with Gasteiger partial charge < -0.3 is 10.1 Å². The highest BCUT2D eigenvalue weighted by molar-refractivity contribution is 6.30. The van der Waals surface area contributed by atoms with Gasteiger partial charge in [0.25, 0.3) is 0 Å². The van der Waals surface area contributed by atoms with Crippen molar-refractivity contribution in [1.29, 1.82) is 0 Å². The Kier molecular flexibility index (Phi) is 6.45. The lowest BCUT2D eigenvalue weighted by Gasteiger charge is -2.32. The van der Waals surface area contributed by atoms with Gasteiger partial charge in [-0.25, -0.2) is 0 Å². The standard InChI is InChI=1S/C20H23ClN2O2/c21-18-8-6-17(7-9-18)19-14-23(12-13-25-19)15-20(24)22-11-10-16-4-2-1-3-5-16/h1-9,19H,10-15H2,(H,22,24). The van der Waals surface area contributed by atoms with Gasteiger partial charge in [0.15, 0.2) is 0 Å². The number of halogens is 1. The third kappa shape index (κ3) is 5.56. The quantitative estimate of drug-likeness (QED) is 0.862. The predicted octanol–water partition coefficient (Wildman–Crippen LogP) is 3.07. The fourth-order valence-corrected chi connectivity index (χ4v) is 3.10. The molecule has 1 atom stereocenters. The average Bonchev–Trinajstić information content (AvgIpc) is 2.63. The van der Waals surface area contributed by atoms with Crippen LogP contribution in [0, 0.1) is 0 Å². The zero-order chi connectivity index (χ0) is 17.5. The summed E-state index contributed by atoms with van der Waals surface area (Å²) in [6, 6.07) is 17.9. The van der Waals surface area contributed by atoms with Crippen LogP contribution < -0.4 is 5.32 Å². The fourth-order valence-electron chi connectivity index (χ4n) is 2.98. The summed E-state index contributed by atoms with van der Waals surface area (Å²) in [4.78, 5) is 14.3. The Morgan fingerprint density at radius 2 is 1.92 bits per heavy atom. The monoisotopic (exact) mass is 358 g/mol. The van der Waals surface area contributed by atoms with E-state index in [1.54, 1.807) is 0 Å². The van der Waals surface area contributed by atoms with Crippen LogP contribution in [-0.2, 0) is 16.0 Å². The zero-order valence-corrected chi connectivity index (χ0v) is 14.9. The first-order valence-electron chi connectivity index (χ1n) is 8.61. The Morgan fingerprint density at radius 3 is 2.68 bits per heavy atom. The normalized spacial score (nSPS) is 18.0. The van der Waals surface area contributed by atoms with Crippen LogP contribution in [0.1, 0.15) is 17.2 Å². The summed E-state index contributed by atoms with van der Waals surface area (Å²) in [7, 11) is 0. The topological polar surface area (TPSA) is 41.6 Å². The number of rotatable bonds is 6. The highest BCUT2D eigenvalue weighted by atomic mass is 35.5. The lowest BCUT2D eigenvalue weighted by molar-refractivity contribution is -0.124. The highest BCUT2D eigenvalue weighted by Gasteiger charge is 2.23. The molecule has 0 bridgehead atoms. The van der Waals surface area contributed by atoms with Gasteiger partial charge in [-0.05, 0) is 29.7 Å². The third-order valence-corrected chi connectivity index (χ3v) is 4.59. The Labute approximate surface area is 153 Å². The van der Waals surface area contributed by atoms with E-state index in [-0.39, 0.29) is 12.0 Å². The van der Waals surface area contributed by atoms with E-state index in [0.29, 0.717) is 31.3 Å². The molecule has 1 fully saturated rings. The minimum atomic E-state index is -0.0110. The molecule has 0 saturated carbocycles. The van der Waals surface area contributed by atoms with Crippen LogP contribution >= 0.6 is 11.6 Å². The van der Waals surface area contributed by atoms with Crippen LogP contribution in [0.3, 0.4) is 0 Å². The molecule has 5 heteroatoms. The van der Waals surface area contributed by atoms with Crippen molar-refractivity contribution in [2.24, 2.45) is 0 Å². The molecule has 1 heterocycles. The molecule has 2 aromatic carbocycles. The molecular weight excluding hydrogens is 336 g/mol. The zero-order valence-electron chi connectivity index (χ0n) is 14.2. The molecule has 0 aliphatic carbocycles. The Morgan fingerprint density at radius 1 is 1.16 bits per heavy atom. The Bertz CT molecular complexity index is 676. The van der Waals surface area contributed by atoms with Gasteiger partial charge in [0.2, 0.25) is 5.91 Å².